The molecule has 4 rings (SSSR count). The number of esters is 1. The maximum Gasteiger partial charge on any atom is 0.339 e. The first kappa shape index (κ1) is 20.6. The minimum Gasteiger partial charge on any atom is -0.449 e. The minimum atomic E-state index is -0.938. The van der Waals surface area contributed by atoms with Crippen LogP contribution in [0, 0.1) is 0 Å². The van der Waals surface area contributed by atoms with Gasteiger partial charge >= 0.3 is 5.97 Å². The van der Waals surface area contributed by atoms with Crippen LogP contribution >= 0.6 is 11.6 Å². The molecule has 0 bridgehead atoms. The van der Waals surface area contributed by atoms with Gasteiger partial charge in [0.1, 0.15) is 5.82 Å². The molecule has 0 fully saturated rings. The number of carbonyl (C=O) groups is 2. The van der Waals surface area contributed by atoms with E-state index in [1.54, 1.807) is 49.4 Å². The number of nitrogens with zero attached hydrogens (tertiary/aromatic N) is 1. The van der Waals surface area contributed by atoms with Gasteiger partial charge in [0.2, 0.25) is 0 Å². The second-order valence-electron chi connectivity index (χ2n) is 6.95. The Kier molecular flexibility index (Phi) is 6.00. The molecule has 0 aliphatic carbocycles. The van der Waals surface area contributed by atoms with Gasteiger partial charge in [-0.05, 0) is 48.9 Å². The monoisotopic (exact) mass is 433 g/mol. The molecule has 0 aliphatic heterocycles. The molecular weight excluding hydrogens is 414 g/mol. The number of rotatable bonds is 6. The Labute approximate surface area is 184 Å². The van der Waals surface area contributed by atoms with E-state index in [9.17, 15) is 9.59 Å². The fourth-order valence-electron chi connectivity index (χ4n) is 3.22. The largest absolute Gasteiger partial charge is 0.449 e. The zero-order valence-corrected chi connectivity index (χ0v) is 17.5. The molecule has 1 atom stereocenters. The molecular formula is C24H20ClN3O3. The summed E-state index contributed by atoms with van der Waals surface area (Å²) in [6, 6.07) is 21.4. The Balaban J connectivity index is 1.55. The van der Waals surface area contributed by atoms with Crippen molar-refractivity contribution in [1.29, 1.82) is 0 Å². The van der Waals surface area contributed by atoms with Crippen molar-refractivity contribution in [3.63, 3.8) is 0 Å². The van der Waals surface area contributed by atoms with Crippen molar-refractivity contribution in [2.24, 2.45) is 0 Å². The first-order valence-electron chi connectivity index (χ1n) is 9.86. The van der Waals surface area contributed by atoms with Gasteiger partial charge in [0.25, 0.3) is 5.91 Å². The first-order chi connectivity index (χ1) is 15.0. The number of carbonyl (C=O) groups excluding carboxylic acids is 2. The highest BCUT2D eigenvalue weighted by Gasteiger charge is 2.24. The molecule has 6 nitrogen and oxygen atoms in total. The van der Waals surface area contributed by atoms with E-state index in [4.69, 9.17) is 16.3 Å². The van der Waals surface area contributed by atoms with Gasteiger partial charge in [-0.25, -0.2) is 9.78 Å². The van der Waals surface area contributed by atoms with Gasteiger partial charge in [0, 0.05) is 16.3 Å². The van der Waals surface area contributed by atoms with E-state index in [0.29, 0.717) is 34.1 Å². The fourth-order valence-corrected chi connectivity index (χ4v) is 3.34. The number of hydrogen-bond acceptors (Lipinski definition) is 4. The van der Waals surface area contributed by atoms with E-state index in [-0.39, 0.29) is 0 Å². The standard InChI is InChI=1S/C24H20ClN3O3/c1-2-21(23(29)26-16-13-11-15(25)12-14-16)31-24(30)18-8-4-3-7-17(18)22-27-19-9-5-6-10-20(19)28-22/h3-14,21H,2H2,1H3,(H,26,29)(H,27,28). The Morgan fingerprint density at radius 1 is 1.03 bits per heavy atom. The third-order valence-corrected chi connectivity index (χ3v) is 5.07. The number of H-pyrrole nitrogens is 1. The van der Waals surface area contributed by atoms with Crippen LogP contribution < -0.4 is 5.32 Å². The van der Waals surface area contributed by atoms with Crippen LogP contribution in [0.3, 0.4) is 0 Å². The van der Waals surface area contributed by atoms with Gasteiger partial charge in [-0.2, -0.15) is 0 Å². The van der Waals surface area contributed by atoms with Crippen LogP contribution in [-0.2, 0) is 9.53 Å². The van der Waals surface area contributed by atoms with Crippen LogP contribution in [0.2, 0.25) is 5.02 Å². The molecule has 0 aliphatic rings. The highest BCUT2D eigenvalue weighted by molar-refractivity contribution is 6.30. The quantitative estimate of drug-likeness (QED) is 0.395. The van der Waals surface area contributed by atoms with Gasteiger partial charge in [-0.1, -0.05) is 48.9 Å². The van der Waals surface area contributed by atoms with Crippen molar-refractivity contribution < 1.29 is 14.3 Å². The van der Waals surface area contributed by atoms with Crippen LogP contribution in [0.15, 0.2) is 72.8 Å². The minimum absolute atomic E-state index is 0.331. The lowest BCUT2D eigenvalue weighted by molar-refractivity contribution is -0.124. The number of para-hydroxylation sites is 2. The Morgan fingerprint density at radius 2 is 1.74 bits per heavy atom. The lowest BCUT2D eigenvalue weighted by atomic mass is 10.1. The van der Waals surface area contributed by atoms with Gasteiger partial charge in [-0.3, -0.25) is 4.79 Å². The third kappa shape index (κ3) is 4.59. The van der Waals surface area contributed by atoms with E-state index in [2.05, 4.69) is 15.3 Å². The summed E-state index contributed by atoms with van der Waals surface area (Å²) < 4.78 is 5.56. The highest BCUT2D eigenvalue weighted by Crippen LogP contribution is 2.25. The number of benzene rings is 3. The Hall–Kier alpha value is -3.64. The number of hydrogen-bond donors (Lipinski definition) is 2. The summed E-state index contributed by atoms with van der Waals surface area (Å²) in [7, 11) is 0. The zero-order chi connectivity index (χ0) is 21.8. The fraction of sp³-hybridized carbons (Fsp3) is 0.125. The van der Waals surface area contributed by atoms with Crippen molar-refractivity contribution in [3.05, 3.63) is 83.4 Å². The van der Waals surface area contributed by atoms with Crippen molar-refractivity contribution >= 4 is 40.2 Å². The number of fused-ring (bicyclic) bond motifs is 1. The highest BCUT2D eigenvalue weighted by atomic mass is 35.5. The molecule has 0 radical (unpaired) electrons. The molecule has 1 unspecified atom stereocenters. The molecule has 4 aromatic rings. The number of aromatic nitrogens is 2. The normalized spacial score (nSPS) is 11.8. The first-order valence-corrected chi connectivity index (χ1v) is 10.2. The maximum atomic E-state index is 13.0. The van der Waals surface area contributed by atoms with Crippen molar-refractivity contribution in [2.75, 3.05) is 5.32 Å². The van der Waals surface area contributed by atoms with Crippen LogP contribution in [0.25, 0.3) is 22.4 Å². The number of nitrogens with one attached hydrogen (secondary N) is 2. The molecule has 2 N–H and O–H groups in total. The summed E-state index contributed by atoms with van der Waals surface area (Å²) in [4.78, 5) is 33.4. The predicted molar refractivity (Wildman–Crippen MR) is 121 cm³/mol. The predicted octanol–water partition coefficient (Wildman–Crippen LogP) is 5.46. The molecule has 0 saturated carbocycles. The average molecular weight is 434 g/mol. The molecule has 7 heteroatoms. The van der Waals surface area contributed by atoms with E-state index in [0.717, 1.165) is 11.0 Å². The van der Waals surface area contributed by atoms with Gasteiger partial charge in [0.05, 0.1) is 16.6 Å². The summed E-state index contributed by atoms with van der Waals surface area (Å²) in [5, 5.41) is 3.32. The van der Waals surface area contributed by atoms with E-state index >= 15 is 0 Å². The second-order valence-corrected chi connectivity index (χ2v) is 7.38. The maximum absolute atomic E-state index is 13.0. The summed E-state index contributed by atoms with van der Waals surface area (Å²) >= 11 is 5.88. The van der Waals surface area contributed by atoms with Crippen molar-refractivity contribution in [2.45, 2.75) is 19.4 Å². The topological polar surface area (TPSA) is 84.1 Å². The summed E-state index contributed by atoms with van der Waals surface area (Å²) in [5.74, 6) is -0.430. The number of anilines is 1. The molecule has 1 amide bonds. The lowest BCUT2D eigenvalue weighted by Gasteiger charge is -2.17. The number of amides is 1. The van der Waals surface area contributed by atoms with Gasteiger partial charge in [-0.15, -0.1) is 0 Å². The van der Waals surface area contributed by atoms with Gasteiger partial charge in [0.15, 0.2) is 6.10 Å². The SMILES string of the molecule is CCC(OC(=O)c1ccccc1-c1nc2ccccc2[nH]1)C(=O)Nc1ccc(Cl)cc1. The smallest absolute Gasteiger partial charge is 0.339 e. The molecule has 31 heavy (non-hydrogen) atoms. The Morgan fingerprint density at radius 3 is 2.48 bits per heavy atom. The number of aromatic amines is 1. The van der Waals surface area contributed by atoms with E-state index in [1.165, 1.54) is 0 Å². The van der Waals surface area contributed by atoms with Crippen LogP contribution in [0.4, 0.5) is 5.69 Å². The molecule has 0 spiro atoms. The van der Waals surface area contributed by atoms with Crippen LogP contribution in [0.1, 0.15) is 23.7 Å². The summed E-state index contributed by atoms with van der Waals surface area (Å²) in [6.07, 6.45) is -0.607. The third-order valence-electron chi connectivity index (χ3n) is 4.82. The molecule has 1 aromatic heterocycles. The van der Waals surface area contributed by atoms with Crippen molar-refractivity contribution in [3.8, 4) is 11.4 Å². The lowest BCUT2D eigenvalue weighted by Crippen LogP contribution is -2.32. The zero-order valence-electron chi connectivity index (χ0n) is 16.8. The van der Waals surface area contributed by atoms with E-state index < -0.39 is 18.0 Å². The van der Waals surface area contributed by atoms with Crippen molar-refractivity contribution in [1.82, 2.24) is 9.97 Å². The average Bonchev–Trinajstić information content (AvgIpc) is 3.23. The number of halogens is 1. The molecule has 3 aromatic carbocycles. The molecule has 156 valence electrons. The molecule has 0 saturated heterocycles. The van der Waals surface area contributed by atoms with Gasteiger partial charge < -0.3 is 15.0 Å². The number of ether oxygens (including phenoxy) is 1. The van der Waals surface area contributed by atoms with Crippen LogP contribution in [0.5, 0.6) is 0 Å². The summed E-state index contributed by atoms with van der Waals surface area (Å²) in [6.45, 7) is 1.78. The Bertz CT molecular complexity index is 1200. The molecule has 1 heterocycles. The van der Waals surface area contributed by atoms with E-state index in [1.807, 2.05) is 30.3 Å². The number of imidazole rings is 1. The second kappa shape index (κ2) is 9.02. The van der Waals surface area contributed by atoms with Crippen LogP contribution in [-0.4, -0.2) is 27.9 Å². The summed E-state index contributed by atoms with van der Waals surface area (Å²) in [5.41, 5.74) is 3.19.